The average Bonchev–Trinajstić information content (AvgIpc) is 2.85. The largest absolute Gasteiger partial charge is 0.508 e. The lowest BCUT2D eigenvalue weighted by atomic mass is 9.80. The Bertz CT molecular complexity index is 1210. The van der Waals surface area contributed by atoms with Crippen LogP contribution in [0.5, 0.6) is 5.75 Å². The first kappa shape index (κ1) is 27.4. The van der Waals surface area contributed by atoms with E-state index >= 15 is 0 Å². The van der Waals surface area contributed by atoms with Crippen molar-refractivity contribution in [3.63, 3.8) is 0 Å². The summed E-state index contributed by atoms with van der Waals surface area (Å²) in [4.78, 5) is 40.0. The number of hydrogen-bond acceptors (Lipinski definition) is 6. The van der Waals surface area contributed by atoms with Gasteiger partial charge in [-0.3, -0.25) is 10.1 Å². The van der Waals surface area contributed by atoms with Crippen molar-refractivity contribution in [3.8, 4) is 5.75 Å². The van der Waals surface area contributed by atoms with Gasteiger partial charge in [0.2, 0.25) is 5.54 Å². The number of carboxylic acid groups (broad SMARTS) is 1. The van der Waals surface area contributed by atoms with E-state index in [2.05, 4.69) is 10.6 Å². The van der Waals surface area contributed by atoms with Gasteiger partial charge in [0.05, 0.1) is 6.04 Å². The number of ketones is 1. The summed E-state index contributed by atoms with van der Waals surface area (Å²) in [5.41, 5.74) is -1.65. The van der Waals surface area contributed by atoms with Crippen LogP contribution in [0.25, 0.3) is 0 Å². The van der Waals surface area contributed by atoms with E-state index in [0.29, 0.717) is 5.56 Å². The minimum absolute atomic E-state index is 0.0691. The molecule has 0 bridgehead atoms. The van der Waals surface area contributed by atoms with E-state index in [-0.39, 0.29) is 24.3 Å². The number of rotatable bonds is 10. The van der Waals surface area contributed by atoms with Crippen LogP contribution in [0.4, 0.5) is 4.79 Å². The molecule has 0 radical (unpaired) electrons. The number of carbonyl (C=O) groups excluding carboxylic acids is 2. The number of alkyl carbamates (subject to hydrolysis) is 1. The molecule has 8 heteroatoms. The molecule has 3 aromatic rings. The van der Waals surface area contributed by atoms with Crippen LogP contribution in [0.3, 0.4) is 0 Å². The fraction of sp³-hybridized carbons (Fsp3) is 0.276. The Labute approximate surface area is 216 Å². The SMILES string of the molecule is CC(C)(C)OC(=O)NC(C(=O)O)(C(=O)C(Cc1ccc(O)cc1)NCc1ccccc1)c1ccccc1. The zero-order valence-electron chi connectivity index (χ0n) is 21.1. The highest BCUT2D eigenvalue weighted by atomic mass is 16.6. The molecule has 0 aliphatic carbocycles. The number of phenols is 1. The Morgan fingerprint density at radius 2 is 1.41 bits per heavy atom. The van der Waals surface area contributed by atoms with Crippen LogP contribution in [0.2, 0.25) is 0 Å². The van der Waals surface area contributed by atoms with Gasteiger partial charge in [0.25, 0.3) is 0 Å². The minimum Gasteiger partial charge on any atom is -0.508 e. The molecule has 0 fully saturated rings. The number of carbonyl (C=O) groups is 3. The second-order valence-corrected chi connectivity index (χ2v) is 9.70. The summed E-state index contributed by atoms with van der Waals surface area (Å²) in [6.45, 7) is 5.23. The molecule has 37 heavy (non-hydrogen) atoms. The standard InChI is InChI=1S/C29H32N2O6/c1-28(2,3)37-27(36)31-29(26(34)35,22-12-8-5-9-13-22)25(33)24(18-20-14-16-23(32)17-15-20)30-19-21-10-6-4-7-11-21/h4-17,24,30,32H,18-19H2,1-3H3,(H,31,36)(H,34,35). The Morgan fingerprint density at radius 3 is 1.95 bits per heavy atom. The third-order valence-corrected chi connectivity index (χ3v) is 5.67. The van der Waals surface area contributed by atoms with Crippen LogP contribution in [-0.2, 0) is 32.8 Å². The van der Waals surface area contributed by atoms with E-state index in [1.54, 1.807) is 51.1 Å². The molecular formula is C29H32N2O6. The molecule has 2 unspecified atom stereocenters. The van der Waals surface area contributed by atoms with Crippen LogP contribution < -0.4 is 10.6 Å². The van der Waals surface area contributed by atoms with Gasteiger partial charge in [0.1, 0.15) is 11.4 Å². The van der Waals surface area contributed by atoms with Crippen molar-refractivity contribution in [2.75, 3.05) is 0 Å². The van der Waals surface area contributed by atoms with Crippen molar-refractivity contribution < 1.29 is 29.3 Å². The summed E-state index contributed by atoms with van der Waals surface area (Å²) in [5, 5.41) is 25.7. The highest BCUT2D eigenvalue weighted by molar-refractivity contribution is 6.12. The summed E-state index contributed by atoms with van der Waals surface area (Å²) >= 11 is 0. The molecule has 0 spiro atoms. The molecule has 8 nitrogen and oxygen atoms in total. The second kappa shape index (κ2) is 11.7. The summed E-state index contributed by atoms with van der Waals surface area (Å²) < 4.78 is 5.34. The Balaban J connectivity index is 2.06. The average molecular weight is 505 g/mol. The van der Waals surface area contributed by atoms with Crippen molar-refractivity contribution in [2.24, 2.45) is 0 Å². The zero-order valence-corrected chi connectivity index (χ0v) is 21.1. The van der Waals surface area contributed by atoms with E-state index < -0.39 is 35.0 Å². The van der Waals surface area contributed by atoms with Crippen LogP contribution in [0.15, 0.2) is 84.9 Å². The molecule has 0 aromatic heterocycles. The monoisotopic (exact) mass is 504 g/mol. The number of carboxylic acids is 1. The molecule has 2 atom stereocenters. The lowest BCUT2D eigenvalue weighted by Gasteiger charge is -2.34. The minimum atomic E-state index is -2.42. The zero-order chi connectivity index (χ0) is 27.1. The van der Waals surface area contributed by atoms with E-state index in [0.717, 1.165) is 5.56 Å². The van der Waals surface area contributed by atoms with Crippen molar-refractivity contribution in [3.05, 3.63) is 102 Å². The number of amides is 1. The van der Waals surface area contributed by atoms with Gasteiger partial charge in [0.15, 0.2) is 5.78 Å². The lowest BCUT2D eigenvalue weighted by Crippen LogP contribution is -2.63. The predicted molar refractivity (Wildman–Crippen MR) is 139 cm³/mol. The maximum Gasteiger partial charge on any atom is 0.409 e. The molecule has 0 aliphatic heterocycles. The highest BCUT2D eigenvalue weighted by Crippen LogP contribution is 2.27. The fourth-order valence-corrected chi connectivity index (χ4v) is 3.93. The lowest BCUT2D eigenvalue weighted by molar-refractivity contribution is -0.151. The molecular weight excluding hydrogens is 472 g/mol. The number of ether oxygens (including phenoxy) is 1. The Kier molecular flexibility index (Phi) is 8.68. The number of hydrogen-bond donors (Lipinski definition) is 4. The van der Waals surface area contributed by atoms with Gasteiger partial charge >= 0.3 is 12.1 Å². The van der Waals surface area contributed by atoms with Crippen LogP contribution in [0, 0.1) is 0 Å². The third-order valence-electron chi connectivity index (χ3n) is 5.67. The normalized spacial score (nSPS) is 13.7. The number of aromatic hydroxyl groups is 1. The molecule has 4 N–H and O–H groups in total. The van der Waals surface area contributed by atoms with Crippen molar-refractivity contribution >= 4 is 17.8 Å². The molecule has 1 amide bonds. The first-order valence-electron chi connectivity index (χ1n) is 11.9. The number of nitrogens with one attached hydrogen (secondary N) is 2. The van der Waals surface area contributed by atoms with Crippen LogP contribution in [-0.4, -0.2) is 39.7 Å². The first-order chi connectivity index (χ1) is 17.5. The molecule has 3 aromatic carbocycles. The maximum absolute atomic E-state index is 14.2. The van der Waals surface area contributed by atoms with Crippen molar-refractivity contribution in [1.29, 1.82) is 0 Å². The van der Waals surface area contributed by atoms with E-state index in [4.69, 9.17) is 4.74 Å². The molecule has 0 saturated carbocycles. The predicted octanol–water partition coefficient (Wildman–Crippen LogP) is 4.17. The van der Waals surface area contributed by atoms with Gasteiger partial charge in [-0.25, -0.2) is 9.59 Å². The molecule has 0 saturated heterocycles. The van der Waals surface area contributed by atoms with Crippen LogP contribution in [0.1, 0.15) is 37.5 Å². The maximum atomic E-state index is 14.2. The smallest absolute Gasteiger partial charge is 0.409 e. The van der Waals surface area contributed by atoms with E-state index in [1.165, 1.54) is 24.3 Å². The second-order valence-electron chi connectivity index (χ2n) is 9.70. The van der Waals surface area contributed by atoms with Crippen molar-refractivity contribution in [1.82, 2.24) is 10.6 Å². The van der Waals surface area contributed by atoms with E-state index in [9.17, 15) is 24.6 Å². The van der Waals surface area contributed by atoms with Gasteiger partial charge in [-0.2, -0.15) is 0 Å². The van der Waals surface area contributed by atoms with Gasteiger partial charge in [-0.15, -0.1) is 0 Å². The Hall–Kier alpha value is -4.17. The molecule has 0 aliphatic rings. The molecule has 3 rings (SSSR count). The van der Waals surface area contributed by atoms with Gasteiger partial charge in [0, 0.05) is 6.54 Å². The quantitative estimate of drug-likeness (QED) is 0.306. The summed E-state index contributed by atoms with van der Waals surface area (Å²) in [6, 6.07) is 22.5. The summed E-state index contributed by atoms with van der Waals surface area (Å²) in [7, 11) is 0. The third kappa shape index (κ3) is 7.17. The molecule has 194 valence electrons. The Morgan fingerprint density at radius 1 is 0.838 bits per heavy atom. The van der Waals surface area contributed by atoms with Gasteiger partial charge in [-0.1, -0.05) is 72.8 Å². The highest BCUT2D eigenvalue weighted by Gasteiger charge is 2.52. The van der Waals surface area contributed by atoms with Crippen molar-refractivity contribution in [2.45, 2.75) is 50.9 Å². The number of Topliss-reactive ketones (excluding diaryl/α,β-unsaturated/α-hetero) is 1. The van der Waals surface area contributed by atoms with E-state index in [1.807, 2.05) is 30.3 Å². The number of benzene rings is 3. The summed E-state index contributed by atoms with van der Waals surface area (Å²) in [5.74, 6) is -2.23. The fourth-order valence-electron chi connectivity index (χ4n) is 3.93. The molecule has 0 heterocycles. The summed E-state index contributed by atoms with van der Waals surface area (Å²) in [6.07, 6.45) is -0.914. The van der Waals surface area contributed by atoms with Gasteiger partial charge in [-0.05, 0) is 56.0 Å². The first-order valence-corrected chi connectivity index (χ1v) is 11.9. The topological polar surface area (TPSA) is 125 Å². The number of phenolic OH excluding ortho intramolecular Hbond substituents is 1. The number of aliphatic carboxylic acids is 1. The van der Waals surface area contributed by atoms with Crippen LogP contribution >= 0.6 is 0 Å². The van der Waals surface area contributed by atoms with Gasteiger partial charge < -0.3 is 20.3 Å².